The first-order valence-corrected chi connectivity index (χ1v) is 3.85. The van der Waals surface area contributed by atoms with Crippen LogP contribution in [0, 0.1) is 0 Å². The molecule has 0 aromatic rings. The van der Waals surface area contributed by atoms with Crippen LogP contribution in [0.3, 0.4) is 0 Å². The Balaban J connectivity index is 3.29. The molecule has 1 atom stereocenters. The lowest BCUT2D eigenvalue weighted by Crippen LogP contribution is -2.41. The molecule has 0 fully saturated rings. The van der Waals surface area contributed by atoms with E-state index in [1.165, 1.54) is 0 Å². The number of nitrogens with two attached hydrogens (primary N) is 1. The molecule has 0 aromatic carbocycles. The average Bonchev–Trinajstić information content (AvgIpc) is 1.82. The maximum atomic E-state index is 8.95. The minimum absolute atomic E-state index is 0.345. The second kappa shape index (κ2) is 5.49. The van der Waals surface area contributed by atoms with E-state index in [1.807, 2.05) is 14.1 Å². The van der Waals surface area contributed by atoms with Crippen molar-refractivity contribution >= 4 is 0 Å². The van der Waals surface area contributed by atoms with Crippen LogP contribution in [0.4, 0.5) is 0 Å². The lowest BCUT2D eigenvalue weighted by Gasteiger charge is -2.19. The lowest BCUT2D eigenvalue weighted by molar-refractivity contribution is 0.122. The first-order valence-electron chi connectivity index (χ1n) is 3.85. The van der Waals surface area contributed by atoms with E-state index < -0.39 is 0 Å². The molecule has 0 aliphatic rings. The van der Waals surface area contributed by atoms with Gasteiger partial charge in [0.15, 0.2) is 0 Å². The molecule has 4 heteroatoms. The molecule has 0 heterocycles. The summed E-state index contributed by atoms with van der Waals surface area (Å²) in [6, 6.07) is 0. The van der Waals surface area contributed by atoms with Gasteiger partial charge in [-0.15, -0.1) is 0 Å². The predicted molar refractivity (Wildman–Crippen MR) is 46.0 cm³/mol. The van der Waals surface area contributed by atoms with Crippen LogP contribution >= 0.6 is 0 Å². The van der Waals surface area contributed by atoms with E-state index in [0.29, 0.717) is 6.54 Å². The second-order valence-electron chi connectivity index (χ2n) is 3.15. The van der Waals surface area contributed by atoms with Crippen molar-refractivity contribution in [1.82, 2.24) is 9.91 Å². The second-order valence-corrected chi connectivity index (χ2v) is 3.15. The quantitative estimate of drug-likeness (QED) is 0.405. The molecule has 0 saturated carbocycles. The van der Waals surface area contributed by atoms with Gasteiger partial charge in [-0.05, 0) is 21.0 Å². The molecule has 11 heavy (non-hydrogen) atoms. The molecule has 0 rings (SSSR count). The molecule has 3 N–H and O–H groups in total. The van der Waals surface area contributed by atoms with Gasteiger partial charge in [-0.25, -0.2) is 5.01 Å². The fraction of sp³-hybridized carbons (Fsp3) is 1.00. The standard InChI is InChI=1S/C7H19N3O/c1-7(11)6-10(8)5-4-9(2)3/h7,11H,4-6,8H2,1-3H3. The fourth-order valence-corrected chi connectivity index (χ4v) is 0.759. The maximum absolute atomic E-state index is 8.95. The summed E-state index contributed by atoms with van der Waals surface area (Å²) in [4.78, 5) is 2.06. The molecule has 0 saturated heterocycles. The van der Waals surface area contributed by atoms with Crippen LogP contribution in [0.5, 0.6) is 0 Å². The van der Waals surface area contributed by atoms with Gasteiger partial charge in [0.05, 0.1) is 6.10 Å². The summed E-state index contributed by atoms with van der Waals surface area (Å²) in [6.45, 7) is 3.98. The molecule has 0 amide bonds. The number of aliphatic hydroxyl groups excluding tert-OH is 1. The first kappa shape index (κ1) is 10.8. The third kappa shape index (κ3) is 7.74. The van der Waals surface area contributed by atoms with Crippen molar-refractivity contribution in [1.29, 1.82) is 0 Å². The minimum Gasteiger partial charge on any atom is -0.392 e. The Morgan fingerprint density at radius 3 is 2.27 bits per heavy atom. The number of hydrogen-bond acceptors (Lipinski definition) is 4. The molecular formula is C7H19N3O. The number of nitrogens with zero attached hydrogens (tertiary/aromatic N) is 2. The van der Waals surface area contributed by atoms with E-state index in [4.69, 9.17) is 10.9 Å². The van der Waals surface area contributed by atoms with Crippen molar-refractivity contribution < 1.29 is 5.11 Å². The summed E-state index contributed by atoms with van der Waals surface area (Å²) in [6.07, 6.45) is -0.345. The molecule has 0 bridgehead atoms. The van der Waals surface area contributed by atoms with E-state index in [-0.39, 0.29) is 6.10 Å². The summed E-state index contributed by atoms with van der Waals surface area (Å²) in [5, 5.41) is 10.6. The van der Waals surface area contributed by atoms with E-state index in [9.17, 15) is 0 Å². The van der Waals surface area contributed by atoms with Crippen molar-refractivity contribution in [2.75, 3.05) is 33.7 Å². The zero-order valence-corrected chi connectivity index (χ0v) is 7.62. The Hall–Kier alpha value is -0.160. The van der Waals surface area contributed by atoms with Crippen LogP contribution in [0.25, 0.3) is 0 Å². The van der Waals surface area contributed by atoms with Crippen LogP contribution in [0.2, 0.25) is 0 Å². The molecule has 0 spiro atoms. The van der Waals surface area contributed by atoms with E-state index in [0.717, 1.165) is 13.1 Å². The normalized spacial score (nSPS) is 14.5. The highest BCUT2D eigenvalue weighted by molar-refractivity contribution is 4.55. The predicted octanol–water partition coefficient (Wildman–Crippen LogP) is -0.895. The summed E-state index contributed by atoms with van der Waals surface area (Å²) in [5.74, 6) is 5.57. The molecule has 0 aromatic heterocycles. The number of hydrogen-bond donors (Lipinski definition) is 2. The highest BCUT2D eigenvalue weighted by Crippen LogP contribution is 1.84. The number of likely N-dealkylation sites (N-methyl/N-ethyl adjacent to an activating group) is 1. The van der Waals surface area contributed by atoms with Crippen LogP contribution < -0.4 is 5.84 Å². The molecule has 0 radical (unpaired) electrons. The summed E-state index contributed by atoms with van der Waals surface area (Å²) in [7, 11) is 3.99. The van der Waals surface area contributed by atoms with Crippen LogP contribution in [-0.2, 0) is 0 Å². The third-order valence-electron chi connectivity index (χ3n) is 1.33. The van der Waals surface area contributed by atoms with Crippen molar-refractivity contribution in [3.63, 3.8) is 0 Å². The van der Waals surface area contributed by atoms with Crippen molar-refractivity contribution in [3.05, 3.63) is 0 Å². The van der Waals surface area contributed by atoms with Gasteiger partial charge in [0.1, 0.15) is 0 Å². The number of hydrazine groups is 1. The van der Waals surface area contributed by atoms with Crippen LogP contribution in [-0.4, -0.2) is 54.8 Å². The van der Waals surface area contributed by atoms with Gasteiger partial charge in [-0.2, -0.15) is 0 Å². The Bertz CT molecular complexity index is 95.7. The van der Waals surface area contributed by atoms with Crippen molar-refractivity contribution in [3.8, 4) is 0 Å². The first-order chi connectivity index (χ1) is 5.02. The number of aliphatic hydroxyl groups is 1. The zero-order valence-electron chi connectivity index (χ0n) is 7.62. The van der Waals surface area contributed by atoms with Crippen LogP contribution in [0.1, 0.15) is 6.92 Å². The Kier molecular flexibility index (Phi) is 5.41. The fourth-order valence-electron chi connectivity index (χ4n) is 0.759. The lowest BCUT2D eigenvalue weighted by atomic mass is 10.4. The summed E-state index contributed by atoms with van der Waals surface area (Å²) in [5.41, 5.74) is 0. The van der Waals surface area contributed by atoms with Crippen molar-refractivity contribution in [2.24, 2.45) is 5.84 Å². The Morgan fingerprint density at radius 1 is 1.36 bits per heavy atom. The Labute approximate surface area is 68.6 Å². The minimum atomic E-state index is -0.345. The molecule has 0 aliphatic carbocycles. The van der Waals surface area contributed by atoms with Gasteiger partial charge in [-0.1, -0.05) is 0 Å². The highest BCUT2D eigenvalue weighted by atomic mass is 16.3. The molecule has 4 nitrogen and oxygen atoms in total. The van der Waals surface area contributed by atoms with Crippen molar-refractivity contribution in [2.45, 2.75) is 13.0 Å². The van der Waals surface area contributed by atoms with Gasteiger partial charge in [0, 0.05) is 19.6 Å². The van der Waals surface area contributed by atoms with Gasteiger partial charge in [0.2, 0.25) is 0 Å². The smallest absolute Gasteiger partial charge is 0.0653 e. The number of rotatable bonds is 5. The SMILES string of the molecule is CC(O)CN(N)CCN(C)C. The van der Waals surface area contributed by atoms with Gasteiger partial charge < -0.3 is 10.0 Å². The molecule has 0 aliphatic heterocycles. The average molecular weight is 161 g/mol. The molecule has 68 valence electrons. The van der Waals surface area contributed by atoms with E-state index in [1.54, 1.807) is 11.9 Å². The summed E-state index contributed by atoms with van der Waals surface area (Å²) >= 11 is 0. The third-order valence-corrected chi connectivity index (χ3v) is 1.33. The zero-order chi connectivity index (χ0) is 8.85. The molecular weight excluding hydrogens is 142 g/mol. The van der Waals surface area contributed by atoms with E-state index in [2.05, 4.69) is 4.90 Å². The summed E-state index contributed by atoms with van der Waals surface area (Å²) < 4.78 is 0. The van der Waals surface area contributed by atoms with Gasteiger partial charge in [-0.3, -0.25) is 5.84 Å². The molecule has 1 unspecified atom stereocenters. The van der Waals surface area contributed by atoms with Gasteiger partial charge in [0.25, 0.3) is 0 Å². The van der Waals surface area contributed by atoms with Crippen LogP contribution in [0.15, 0.2) is 0 Å². The Morgan fingerprint density at radius 2 is 1.91 bits per heavy atom. The maximum Gasteiger partial charge on any atom is 0.0653 e. The highest BCUT2D eigenvalue weighted by Gasteiger charge is 2.02. The topological polar surface area (TPSA) is 52.7 Å². The van der Waals surface area contributed by atoms with Gasteiger partial charge >= 0.3 is 0 Å². The largest absolute Gasteiger partial charge is 0.392 e. The van der Waals surface area contributed by atoms with E-state index >= 15 is 0 Å². The monoisotopic (exact) mass is 161 g/mol.